The lowest BCUT2D eigenvalue weighted by molar-refractivity contribution is 0.173. The SMILES string of the molecule is N#CC1(N=C=O)CCCN(Cc2ccccc2)C1. The van der Waals surface area contributed by atoms with Gasteiger partial charge >= 0.3 is 0 Å². The summed E-state index contributed by atoms with van der Waals surface area (Å²) in [4.78, 5) is 16.3. The molecule has 0 bridgehead atoms. The highest BCUT2D eigenvalue weighted by Gasteiger charge is 2.35. The second kappa shape index (κ2) is 5.59. The third kappa shape index (κ3) is 2.84. The van der Waals surface area contributed by atoms with Crippen LogP contribution in [-0.2, 0) is 11.3 Å². The number of piperidine rings is 1. The number of rotatable bonds is 3. The molecule has 1 aliphatic heterocycles. The van der Waals surface area contributed by atoms with E-state index in [1.165, 1.54) is 11.6 Å². The van der Waals surface area contributed by atoms with Crippen LogP contribution in [0.4, 0.5) is 0 Å². The first-order chi connectivity index (χ1) is 8.78. The van der Waals surface area contributed by atoms with E-state index in [-0.39, 0.29) is 0 Å². The lowest BCUT2D eigenvalue weighted by Gasteiger charge is -2.34. The lowest BCUT2D eigenvalue weighted by Crippen LogP contribution is -2.45. The van der Waals surface area contributed by atoms with Crippen LogP contribution in [0.15, 0.2) is 35.3 Å². The average Bonchev–Trinajstić information content (AvgIpc) is 2.41. The molecule has 1 aromatic carbocycles. The molecular formula is C14H15N3O. The van der Waals surface area contributed by atoms with E-state index < -0.39 is 5.54 Å². The van der Waals surface area contributed by atoms with Gasteiger partial charge in [-0.3, -0.25) is 4.90 Å². The van der Waals surface area contributed by atoms with Gasteiger partial charge in [0.25, 0.3) is 0 Å². The predicted molar refractivity (Wildman–Crippen MR) is 67.4 cm³/mol. The first-order valence-electron chi connectivity index (χ1n) is 6.04. The minimum absolute atomic E-state index is 0.508. The van der Waals surface area contributed by atoms with E-state index in [4.69, 9.17) is 0 Å². The first-order valence-corrected chi connectivity index (χ1v) is 6.04. The molecule has 1 heterocycles. The summed E-state index contributed by atoms with van der Waals surface area (Å²) in [5.74, 6) is 0. The van der Waals surface area contributed by atoms with Crippen LogP contribution in [0.5, 0.6) is 0 Å². The van der Waals surface area contributed by atoms with Gasteiger partial charge in [-0.25, -0.2) is 4.79 Å². The minimum Gasteiger partial charge on any atom is -0.296 e. The normalized spacial score (nSPS) is 23.9. The summed E-state index contributed by atoms with van der Waals surface area (Å²) in [6.07, 6.45) is 3.06. The summed E-state index contributed by atoms with van der Waals surface area (Å²) in [6.45, 7) is 2.24. The number of isocyanates is 1. The van der Waals surface area contributed by atoms with Crippen molar-refractivity contribution in [3.8, 4) is 6.07 Å². The molecule has 18 heavy (non-hydrogen) atoms. The van der Waals surface area contributed by atoms with Crippen molar-refractivity contribution in [1.29, 1.82) is 5.26 Å². The van der Waals surface area contributed by atoms with Crippen LogP contribution in [0.3, 0.4) is 0 Å². The summed E-state index contributed by atoms with van der Waals surface area (Å²) in [5.41, 5.74) is 0.315. The highest BCUT2D eigenvalue weighted by molar-refractivity contribution is 5.37. The van der Waals surface area contributed by atoms with E-state index in [0.717, 1.165) is 19.5 Å². The zero-order valence-corrected chi connectivity index (χ0v) is 10.2. The number of hydrogen-bond donors (Lipinski definition) is 0. The number of benzene rings is 1. The highest BCUT2D eigenvalue weighted by Crippen LogP contribution is 2.25. The second-order valence-electron chi connectivity index (χ2n) is 4.65. The van der Waals surface area contributed by atoms with E-state index in [1.807, 2.05) is 18.2 Å². The van der Waals surface area contributed by atoms with Gasteiger partial charge in [0.15, 0.2) is 5.54 Å². The summed E-state index contributed by atoms with van der Waals surface area (Å²) in [7, 11) is 0. The van der Waals surface area contributed by atoms with Gasteiger partial charge in [0.1, 0.15) is 0 Å². The fourth-order valence-corrected chi connectivity index (χ4v) is 2.39. The van der Waals surface area contributed by atoms with Crippen molar-refractivity contribution in [1.82, 2.24) is 4.90 Å². The molecule has 4 nitrogen and oxygen atoms in total. The maximum Gasteiger partial charge on any atom is 0.236 e. The van der Waals surface area contributed by atoms with Crippen LogP contribution < -0.4 is 0 Å². The Morgan fingerprint density at radius 2 is 2.17 bits per heavy atom. The summed E-state index contributed by atoms with van der Waals surface area (Å²) in [6, 6.07) is 12.3. The molecule has 1 unspecified atom stereocenters. The van der Waals surface area contributed by atoms with Gasteiger partial charge < -0.3 is 0 Å². The van der Waals surface area contributed by atoms with Gasteiger partial charge in [-0.05, 0) is 24.9 Å². The topological polar surface area (TPSA) is 56.5 Å². The summed E-state index contributed by atoms with van der Waals surface area (Å²) >= 11 is 0. The standard InChI is InChI=1S/C14H15N3O/c15-10-14(16-12-18)7-4-8-17(11-14)9-13-5-2-1-3-6-13/h1-3,5-6H,4,7-9,11H2. The number of nitriles is 1. The van der Waals surface area contributed by atoms with Crippen LogP contribution in [0, 0.1) is 11.3 Å². The summed E-state index contributed by atoms with van der Waals surface area (Å²) in [5, 5.41) is 9.21. The van der Waals surface area contributed by atoms with Crippen molar-refractivity contribution in [2.75, 3.05) is 13.1 Å². The van der Waals surface area contributed by atoms with Crippen LogP contribution in [0.1, 0.15) is 18.4 Å². The fraction of sp³-hybridized carbons (Fsp3) is 0.429. The molecule has 0 aromatic heterocycles. The van der Waals surface area contributed by atoms with Gasteiger partial charge in [-0.1, -0.05) is 30.3 Å². The third-order valence-electron chi connectivity index (χ3n) is 3.27. The molecule has 92 valence electrons. The van der Waals surface area contributed by atoms with Crippen LogP contribution in [0.2, 0.25) is 0 Å². The maximum atomic E-state index is 10.4. The second-order valence-corrected chi connectivity index (χ2v) is 4.65. The van der Waals surface area contributed by atoms with Crippen LogP contribution >= 0.6 is 0 Å². The molecule has 2 rings (SSSR count). The number of aliphatic imine (C=N–C) groups is 1. The van der Waals surface area contributed by atoms with Crippen molar-refractivity contribution in [3.63, 3.8) is 0 Å². The quantitative estimate of drug-likeness (QED) is 0.599. The zero-order chi connectivity index (χ0) is 12.8. The molecule has 0 N–H and O–H groups in total. The largest absolute Gasteiger partial charge is 0.296 e. The Morgan fingerprint density at radius 3 is 2.83 bits per heavy atom. The Morgan fingerprint density at radius 1 is 1.39 bits per heavy atom. The van der Waals surface area contributed by atoms with E-state index in [1.54, 1.807) is 0 Å². The molecule has 1 saturated heterocycles. The first kappa shape index (κ1) is 12.5. The lowest BCUT2D eigenvalue weighted by atomic mass is 9.91. The molecule has 1 atom stereocenters. The van der Waals surface area contributed by atoms with Crippen molar-refractivity contribution in [3.05, 3.63) is 35.9 Å². The molecular weight excluding hydrogens is 226 g/mol. The maximum absolute atomic E-state index is 10.4. The molecule has 0 radical (unpaired) electrons. The number of hydrogen-bond acceptors (Lipinski definition) is 4. The van der Waals surface area contributed by atoms with Crippen molar-refractivity contribution < 1.29 is 4.79 Å². The van der Waals surface area contributed by atoms with E-state index in [9.17, 15) is 10.1 Å². The van der Waals surface area contributed by atoms with Crippen LogP contribution in [0.25, 0.3) is 0 Å². The molecule has 0 aliphatic carbocycles. The number of carbonyl (C=O) groups excluding carboxylic acids is 1. The molecule has 1 fully saturated rings. The zero-order valence-electron chi connectivity index (χ0n) is 10.2. The van der Waals surface area contributed by atoms with Gasteiger partial charge in [-0.15, -0.1) is 0 Å². The average molecular weight is 241 g/mol. The molecule has 4 heteroatoms. The van der Waals surface area contributed by atoms with E-state index >= 15 is 0 Å². The Bertz CT molecular complexity index is 488. The van der Waals surface area contributed by atoms with E-state index in [2.05, 4.69) is 28.1 Å². The molecule has 1 aliphatic rings. The molecule has 1 aromatic rings. The Kier molecular flexibility index (Phi) is 3.88. The van der Waals surface area contributed by atoms with Gasteiger partial charge in [-0.2, -0.15) is 10.3 Å². The van der Waals surface area contributed by atoms with Gasteiger partial charge in [0.05, 0.1) is 6.07 Å². The van der Waals surface area contributed by atoms with E-state index in [0.29, 0.717) is 13.0 Å². The monoisotopic (exact) mass is 241 g/mol. The predicted octanol–water partition coefficient (Wildman–Crippen LogP) is 1.88. The number of nitrogens with zero attached hydrogens (tertiary/aromatic N) is 3. The Balaban J connectivity index is 2.07. The minimum atomic E-state index is -0.894. The van der Waals surface area contributed by atoms with Crippen LogP contribution in [-0.4, -0.2) is 29.6 Å². The van der Waals surface area contributed by atoms with Gasteiger partial charge in [0.2, 0.25) is 6.08 Å². The smallest absolute Gasteiger partial charge is 0.236 e. The number of likely N-dealkylation sites (tertiary alicyclic amines) is 1. The fourth-order valence-electron chi connectivity index (χ4n) is 2.39. The summed E-state index contributed by atoms with van der Waals surface area (Å²) < 4.78 is 0. The Labute approximate surface area is 107 Å². The van der Waals surface area contributed by atoms with Crippen molar-refractivity contribution in [2.24, 2.45) is 4.99 Å². The third-order valence-corrected chi connectivity index (χ3v) is 3.27. The molecule has 0 amide bonds. The molecule has 0 spiro atoms. The molecule has 0 saturated carbocycles. The van der Waals surface area contributed by atoms with Crippen molar-refractivity contribution in [2.45, 2.75) is 24.9 Å². The Hall–Kier alpha value is -1.95. The van der Waals surface area contributed by atoms with Crippen molar-refractivity contribution >= 4 is 6.08 Å². The van der Waals surface area contributed by atoms with Gasteiger partial charge in [0, 0.05) is 13.1 Å². The highest BCUT2D eigenvalue weighted by atomic mass is 16.1.